The van der Waals surface area contributed by atoms with Gasteiger partial charge in [0.25, 0.3) is 5.91 Å². The summed E-state index contributed by atoms with van der Waals surface area (Å²) in [4.78, 5) is 12.7. The van der Waals surface area contributed by atoms with Gasteiger partial charge in [0.15, 0.2) is 17.1 Å². The minimum atomic E-state index is -3.37. The Labute approximate surface area is 162 Å². The topological polar surface area (TPSA) is 88.9 Å². The maximum Gasteiger partial charge on any atom is 0.291 e. The third kappa shape index (κ3) is 3.31. The Balaban J connectivity index is 1.64. The van der Waals surface area contributed by atoms with Crippen molar-refractivity contribution in [1.82, 2.24) is 0 Å². The van der Waals surface area contributed by atoms with Gasteiger partial charge in [-0.05, 0) is 42.7 Å². The fourth-order valence-corrected chi connectivity index (χ4v) is 4.45. The van der Waals surface area contributed by atoms with Crippen LogP contribution in [0, 0.1) is 0 Å². The average Bonchev–Trinajstić information content (AvgIpc) is 3.11. The number of carbonyl (C=O) groups is 1. The normalized spacial score (nSPS) is 14.0. The predicted molar refractivity (Wildman–Crippen MR) is 108 cm³/mol. The Hall–Kier alpha value is -3.00. The molecular weight excluding hydrogens is 380 g/mol. The van der Waals surface area contributed by atoms with Gasteiger partial charge >= 0.3 is 0 Å². The summed E-state index contributed by atoms with van der Waals surface area (Å²) in [6, 6.07) is 12.4. The summed E-state index contributed by atoms with van der Waals surface area (Å²) < 4.78 is 36.5. The fraction of sp³-hybridized carbons (Fsp3) is 0.250. The lowest BCUT2D eigenvalue weighted by molar-refractivity contribution is 0.0998. The molecule has 1 amide bonds. The number of rotatable bonds is 4. The molecule has 0 fully saturated rings. The predicted octanol–water partition coefficient (Wildman–Crippen LogP) is 3.41. The Morgan fingerprint density at radius 3 is 2.79 bits per heavy atom. The van der Waals surface area contributed by atoms with Gasteiger partial charge in [-0.1, -0.05) is 18.2 Å². The number of sulfonamides is 1. The smallest absolute Gasteiger partial charge is 0.291 e. The van der Waals surface area contributed by atoms with Gasteiger partial charge in [0.1, 0.15) is 0 Å². The first kappa shape index (κ1) is 18.4. The number of para-hydroxylation sites is 1. The molecule has 0 spiro atoms. The van der Waals surface area contributed by atoms with E-state index in [1.54, 1.807) is 24.3 Å². The van der Waals surface area contributed by atoms with Gasteiger partial charge in [-0.15, -0.1) is 0 Å². The lowest BCUT2D eigenvalue weighted by atomic mass is 10.0. The summed E-state index contributed by atoms with van der Waals surface area (Å²) in [7, 11) is -1.83. The van der Waals surface area contributed by atoms with Crippen molar-refractivity contribution in [1.29, 1.82) is 0 Å². The van der Waals surface area contributed by atoms with E-state index in [-0.39, 0.29) is 5.76 Å². The van der Waals surface area contributed by atoms with Gasteiger partial charge in [0, 0.05) is 17.6 Å². The fourth-order valence-electron chi connectivity index (χ4n) is 3.46. The number of anilines is 2. The number of benzene rings is 2. The number of carbonyl (C=O) groups excluding carboxylic acids is 1. The zero-order valence-electron chi connectivity index (χ0n) is 15.6. The van der Waals surface area contributed by atoms with Crippen molar-refractivity contribution in [3.05, 3.63) is 53.8 Å². The van der Waals surface area contributed by atoms with Crippen molar-refractivity contribution in [3.63, 3.8) is 0 Å². The zero-order valence-corrected chi connectivity index (χ0v) is 16.4. The molecule has 1 aliphatic rings. The zero-order chi connectivity index (χ0) is 19.9. The third-order valence-corrected chi connectivity index (χ3v) is 5.95. The average molecular weight is 400 g/mol. The molecule has 1 aromatic heterocycles. The van der Waals surface area contributed by atoms with E-state index in [0.29, 0.717) is 29.3 Å². The van der Waals surface area contributed by atoms with E-state index in [0.717, 1.165) is 23.8 Å². The van der Waals surface area contributed by atoms with Crippen LogP contribution in [0.4, 0.5) is 11.4 Å². The van der Waals surface area contributed by atoms with Crippen LogP contribution in [-0.2, 0) is 16.4 Å². The Bertz CT molecular complexity index is 1170. The Morgan fingerprint density at radius 2 is 2.04 bits per heavy atom. The molecule has 2 aromatic carbocycles. The van der Waals surface area contributed by atoms with Crippen molar-refractivity contribution >= 4 is 38.3 Å². The minimum absolute atomic E-state index is 0.150. The van der Waals surface area contributed by atoms with Crippen LogP contribution in [0.5, 0.6) is 5.75 Å². The molecule has 0 radical (unpaired) electrons. The van der Waals surface area contributed by atoms with Crippen molar-refractivity contribution in [2.45, 2.75) is 12.8 Å². The van der Waals surface area contributed by atoms with Crippen LogP contribution >= 0.6 is 0 Å². The second-order valence-corrected chi connectivity index (χ2v) is 8.63. The summed E-state index contributed by atoms with van der Waals surface area (Å²) in [6.45, 7) is 0.437. The molecule has 0 unspecified atom stereocenters. The summed E-state index contributed by atoms with van der Waals surface area (Å²) in [5.74, 6) is 0.284. The number of methoxy groups -OCH3 is 1. The minimum Gasteiger partial charge on any atom is -0.493 e. The number of nitrogens with one attached hydrogen (secondary N) is 1. The van der Waals surface area contributed by atoms with Crippen LogP contribution < -0.4 is 14.4 Å². The van der Waals surface area contributed by atoms with E-state index in [9.17, 15) is 13.2 Å². The van der Waals surface area contributed by atoms with Gasteiger partial charge in [-0.3, -0.25) is 9.10 Å². The van der Waals surface area contributed by atoms with E-state index < -0.39 is 15.9 Å². The number of amides is 1. The molecule has 0 saturated heterocycles. The molecule has 1 aliphatic heterocycles. The molecule has 2 heterocycles. The number of nitrogens with zero attached hydrogens (tertiary/aromatic N) is 1. The molecule has 0 atom stereocenters. The second kappa shape index (κ2) is 6.87. The van der Waals surface area contributed by atoms with Crippen molar-refractivity contribution in [3.8, 4) is 5.75 Å². The lowest BCUT2D eigenvalue weighted by Crippen LogP contribution is -2.34. The van der Waals surface area contributed by atoms with Crippen molar-refractivity contribution < 1.29 is 22.4 Å². The molecular formula is C20H20N2O5S. The second-order valence-electron chi connectivity index (χ2n) is 6.73. The van der Waals surface area contributed by atoms with Gasteiger partial charge in [0.05, 0.1) is 19.1 Å². The Morgan fingerprint density at radius 1 is 1.21 bits per heavy atom. The van der Waals surface area contributed by atoms with Gasteiger partial charge in [-0.2, -0.15) is 0 Å². The highest BCUT2D eigenvalue weighted by atomic mass is 32.2. The molecule has 0 bridgehead atoms. The number of hydrogen-bond acceptors (Lipinski definition) is 5. The monoisotopic (exact) mass is 400 g/mol. The SMILES string of the molecule is COc1cccc2cc(C(=O)Nc3ccc4c(c3)N(S(C)(=O)=O)CCC4)oc12. The Kier molecular flexibility index (Phi) is 4.50. The highest BCUT2D eigenvalue weighted by Crippen LogP contribution is 2.32. The first-order chi connectivity index (χ1) is 13.4. The quantitative estimate of drug-likeness (QED) is 0.725. The summed E-state index contributed by atoms with van der Waals surface area (Å²) in [5, 5.41) is 3.55. The van der Waals surface area contributed by atoms with Gasteiger partial charge in [0.2, 0.25) is 10.0 Å². The van der Waals surface area contributed by atoms with Gasteiger partial charge < -0.3 is 14.5 Å². The van der Waals surface area contributed by atoms with E-state index in [4.69, 9.17) is 9.15 Å². The molecule has 8 heteroatoms. The highest BCUT2D eigenvalue weighted by Gasteiger charge is 2.24. The molecule has 3 aromatic rings. The maximum atomic E-state index is 12.7. The largest absolute Gasteiger partial charge is 0.493 e. The van der Waals surface area contributed by atoms with E-state index in [1.807, 2.05) is 18.2 Å². The van der Waals surface area contributed by atoms with Crippen LogP contribution in [0.2, 0.25) is 0 Å². The maximum absolute atomic E-state index is 12.7. The first-order valence-electron chi connectivity index (χ1n) is 8.85. The van der Waals surface area contributed by atoms with Crippen LogP contribution in [-0.4, -0.2) is 34.2 Å². The molecule has 1 N–H and O–H groups in total. The van der Waals surface area contributed by atoms with Crippen LogP contribution in [0.1, 0.15) is 22.5 Å². The van der Waals surface area contributed by atoms with Crippen LogP contribution in [0.15, 0.2) is 46.9 Å². The van der Waals surface area contributed by atoms with Crippen LogP contribution in [0.25, 0.3) is 11.0 Å². The number of fused-ring (bicyclic) bond motifs is 2. The number of furan rings is 1. The van der Waals surface area contributed by atoms with Crippen molar-refractivity contribution in [2.75, 3.05) is 29.5 Å². The molecule has 28 heavy (non-hydrogen) atoms. The summed E-state index contributed by atoms with van der Waals surface area (Å²) in [6.07, 6.45) is 2.76. The lowest BCUT2D eigenvalue weighted by Gasteiger charge is -2.29. The van der Waals surface area contributed by atoms with Crippen LogP contribution in [0.3, 0.4) is 0 Å². The van der Waals surface area contributed by atoms with E-state index >= 15 is 0 Å². The summed E-state index contributed by atoms with van der Waals surface area (Å²) in [5.41, 5.74) is 2.57. The molecule has 146 valence electrons. The standard InChI is InChI=1S/C20H20N2O5S/c1-26-17-7-3-5-14-11-18(27-19(14)17)20(23)21-15-9-8-13-6-4-10-22(16(13)12-15)28(2,24)25/h3,5,7-9,11-12H,4,6,10H2,1-2H3,(H,21,23). The molecule has 7 nitrogen and oxygen atoms in total. The van der Waals surface area contributed by atoms with Gasteiger partial charge in [-0.25, -0.2) is 8.42 Å². The number of hydrogen-bond donors (Lipinski definition) is 1. The number of aryl methyl sites for hydroxylation is 1. The number of ether oxygens (including phenoxy) is 1. The molecule has 0 saturated carbocycles. The molecule has 4 rings (SSSR count). The third-order valence-electron chi connectivity index (χ3n) is 4.77. The first-order valence-corrected chi connectivity index (χ1v) is 10.7. The highest BCUT2D eigenvalue weighted by molar-refractivity contribution is 7.92. The van der Waals surface area contributed by atoms with E-state index in [1.165, 1.54) is 17.7 Å². The summed E-state index contributed by atoms with van der Waals surface area (Å²) >= 11 is 0. The molecule has 0 aliphatic carbocycles. The van der Waals surface area contributed by atoms with E-state index in [2.05, 4.69) is 5.32 Å². The van der Waals surface area contributed by atoms with Crippen molar-refractivity contribution in [2.24, 2.45) is 0 Å².